The normalized spacial score (nSPS) is 57.6. The summed E-state index contributed by atoms with van der Waals surface area (Å²) in [5, 5.41) is 155. The Balaban J connectivity index is 0.866. The van der Waals surface area contributed by atoms with Gasteiger partial charge in [-0.05, 0) is 111 Å². The molecule has 0 amide bonds. The molecule has 25 nitrogen and oxygen atoms in total. The summed E-state index contributed by atoms with van der Waals surface area (Å²) in [5.41, 5.74) is -1.55. The van der Waals surface area contributed by atoms with Crippen LogP contribution in [0.2, 0.25) is 0 Å². The van der Waals surface area contributed by atoms with Gasteiger partial charge in [-0.1, -0.05) is 48.5 Å². The van der Waals surface area contributed by atoms with Gasteiger partial charge in [0.15, 0.2) is 31.5 Å². The van der Waals surface area contributed by atoms with Gasteiger partial charge in [-0.3, -0.25) is 0 Å². The number of aliphatic hydroxyl groups is 14. The molecular formula is C58H96O25. The van der Waals surface area contributed by atoms with Gasteiger partial charge in [-0.2, -0.15) is 0 Å². The Labute approximate surface area is 484 Å². The van der Waals surface area contributed by atoms with Crippen LogP contribution in [0.15, 0.2) is 0 Å². The number of aliphatic hydroxyl groups excluding tert-OH is 14. The molecule has 5 saturated carbocycles. The van der Waals surface area contributed by atoms with Gasteiger partial charge in [-0.25, -0.2) is 0 Å². The minimum atomic E-state index is -1.93. The lowest BCUT2D eigenvalue weighted by molar-refractivity contribution is -0.404. The highest BCUT2D eigenvalue weighted by atomic mass is 16.8. The molecule has 25 heteroatoms. The minimum Gasteiger partial charge on any atom is -0.394 e. The Morgan fingerprint density at radius 3 is 1.77 bits per heavy atom. The summed E-state index contributed by atoms with van der Waals surface area (Å²) in [6.45, 7) is 15.8. The van der Waals surface area contributed by atoms with Gasteiger partial charge in [0.05, 0.1) is 56.9 Å². The van der Waals surface area contributed by atoms with Gasteiger partial charge < -0.3 is 124 Å². The second-order valence-electron chi connectivity index (χ2n) is 29.0. The van der Waals surface area contributed by atoms with Crippen molar-refractivity contribution in [1.29, 1.82) is 0 Å². The molecule has 11 fully saturated rings. The minimum absolute atomic E-state index is 0.127. The molecule has 0 unspecified atom stereocenters. The van der Waals surface area contributed by atoms with Crippen LogP contribution < -0.4 is 0 Å². The molecule has 6 heterocycles. The predicted molar refractivity (Wildman–Crippen MR) is 281 cm³/mol. The third-order valence-corrected chi connectivity index (χ3v) is 23.9. The topological polar surface area (TPSA) is 385 Å². The molecular weight excluding hydrogens is 1100 g/mol. The summed E-state index contributed by atoms with van der Waals surface area (Å²) in [7, 11) is 0. The highest BCUT2D eigenvalue weighted by Crippen LogP contribution is 2.80. The number of rotatable bonds is 12. The van der Waals surface area contributed by atoms with E-state index < -0.39 is 185 Å². The number of fused-ring (bicyclic) bond motifs is 4. The molecule has 6 saturated heterocycles. The Morgan fingerprint density at radius 1 is 0.470 bits per heavy atom. The molecule has 14 N–H and O–H groups in total. The van der Waals surface area contributed by atoms with Crippen molar-refractivity contribution >= 4 is 0 Å². The molecule has 83 heavy (non-hydrogen) atoms. The van der Waals surface area contributed by atoms with E-state index in [1.807, 2.05) is 0 Å². The van der Waals surface area contributed by atoms with Crippen molar-refractivity contribution in [2.24, 2.45) is 50.2 Å². The smallest absolute Gasteiger partial charge is 0.187 e. The maximum atomic E-state index is 12.7. The van der Waals surface area contributed by atoms with E-state index in [4.69, 9.17) is 52.1 Å². The van der Waals surface area contributed by atoms with E-state index in [0.29, 0.717) is 19.4 Å². The van der Waals surface area contributed by atoms with Crippen LogP contribution >= 0.6 is 0 Å². The lowest BCUT2D eigenvalue weighted by atomic mass is 9.30. The van der Waals surface area contributed by atoms with Crippen LogP contribution in [-0.4, -0.2) is 264 Å². The van der Waals surface area contributed by atoms with Crippen molar-refractivity contribution in [2.75, 3.05) is 33.0 Å². The Morgan fingerprint density at radius 2 is 1.07 bits per heavy atom. The highest BCUT2D eigenvalue weighted by molar-refractivity contribution is 5.28. The van der Waals surface area contributed by atoms with Crippen molar-refractivity contribution in [3.63, 3.8) is 0 Å². The quantitative estimate of drug-likeness (QED) is 0.0921. The van der Waals surface area contributed by atoms with Crippen LogP contribution in [-0.2, 0) is 52.1 Å². The van der Waals surface area contributed by atoms with Gasteiger partial charge in [0.25, 0.3) is 0 Å². The fraction of sp³-hybridized carbons (Fsp3) is 1.00. The first-order valence-corrected chi connectivity index (χ1v) is 30.4. The molecule has 11 aliphatic rings. The highest BCUT2D eigenvalue weighted by Gasteiger charge is 2.80. The summed E-state index contributed by atoms with van der Waals surface area (Å²) in [6, 6.07) is 0. The molecule has 5 aliphatic carbocycles. The first-order chi connectivity index (χ1) is 38.9. The molecule has 0 aromatic carbocycles. The molecule has 1 spiro atoms. The molecule has 33 atom stereocenters. The Bertz CT molecular complexity index is 2270. The third-order valence-electron chi connectivity index (χ3n) is 23.9. The van der Waals surface area contributed by atoms with Gasteiger partial charge >= 0.3 is 0 Å². The van der Waals surface area contributed by atoms with E-state index in [9.17, 15) is 71.5 Å². The largest absolute Gasteiger partial charge is 0.394 e. The van der Waals surface area contributed by atoms with E-state index in [-0.39, 0.29) is 50.4 Å². The van der Waals surface area contributed by atoms with E-state index in [1.54, 1.807) is 0 Å². The van der Waals surface area contributed by atoms with Crippen LogP contribution in [0, 0.1) is 50.2 Å². The summed E-state index contributed by atoms with van der Waals surface area (Å²) < 4.78 is 69.1. The van der Waals surface area contributed by atoms with E-state index >= 15 is 0 Å². The average Bonchev–Trinajstić information content (AvgIpc) is 2.00. The van der Waals surface area contributed by atoms with Crippen molar-refractivity contribution < 1.29 is 124 Å². The Kier molecular flexibility index (Phi) is 17.4. The third kappa shape index (κ3) is 9.99. The monoisotopic (exact) mass is 1190 g/mol. The first-order valence-electron chi connectivity index (χ1n) is 30.4. The first kappa shape index (κ1) is 63.6. The van der Waals surface area contributed by atoms with Crippen molar-refractivity contribution in [1.82, 2.24) is 0 Å². The fourth-order valence-corrected chi connectivity index (χ4v) is 18.8. The van der Waals surface area contributed by atoms with Crippen LogP contribution in [0.3, 0.4) is 0 Å². The van der Waals surface area contributed by atoms with Gasteiger partial charge in [-0.15, -0.1) is 0 Å². The van der Waals surface area contributed by atoms with E-state index in [0.717, 1.165) is 51.4 Å². The second-order valence-corrected chi connectivity index (χ2v) is 29.0. The summed E-state index contributed by atoms with van der Waals surface area (Å²) in [4.78, 5) is 0. The number of hydrogen-bond donors (Lipinski definition) is 14. The summed E-state index contributed by atoms with van der Waals surface area (Å²) >= 11 is 0. The fourth-order valence-electron chi connectivity index (χ4n) is 18.8. The van der Waals surface area contributed by atoms with Crippen molar-refractivity contribution in [3.05, 3.63) is 0 Å². The van der Waals surface area contributed by atoms with Crippen LogP contribution in [0.25, 0.3) is 0 Å². The van der Waals surface area contributed by atoms with Crippen LogP contribution in [0.4, 0.5) is 0 Å². The SMILES string of the molecule is C[C@@H]1O[C@@H](O[C@H]2[C@H](O)[C@@H](CO)O[C@@H](O[C@H]3CO[C@@H](O[C@H]4CC[C@]5(C)[C@H]6CC[C@]78OC[C@@]9(CCC(C)(C)C[C@H]97)[C@H](O)C[C@@]8(C)[C@]6(C)CC[C@H]5C4(C)C)[C@H](O[C@@H]4O[C@H](CO)[C@@H](O)[C@H](O)[C@H]4O)[C@H]3O)[C@@H]2O[C@@H]2OC[C@@H](O)[C@H](O)[C@H]2O)[C@H](O)[C@H](O)[C@H]1O. The molecule has 0 radical (unpaired) electrons. The number of hydrogen-bond acceptors (Lipinski definition) is 25. The zero-order valence-electron chi connectivity index (χ0n) is 49.0. The maximum absolute atomic E-state index is 12.7. The van der Waals surface area contributed by atoms with E-state index in [2.05, 4.69) is 48.5 Å². The zero-order valence-corrected chi connectivity index (χ0v) is 49.0. The van der Waals surface area contributed by atoms with Crippen molar-refractivity contribution in [3.8, 4) is 0 Å². The van der Waals surface area contributed by atoms with Gasteiger partial charge in [0, 0.05) is 10.8 Å². The Hall–Kier alpha value is -1.00. The predicted octanol–water partition coefficient (Wildman–Crippen LogP) is -2.22. The molecule has 478 valence electrons. The van der Waals surface area contributed by atoms with Crippen LogP contribution in [0.5, 0.6) is 0 Å². The summed E-state index contributed by atoms with van der Waals surface area (Å²) in [5.74, 6) is 0.690. The second kappa shape index (κ2) is 22.7. The van der Waals surface area contributed by atoms with Crippen molar-refractivity contribution in [2.45, 2.75) is 279 Å². The van der Waals surface area contributed by atoms with E-state index in [1.165, 1.54) is 6.92 Å². The molecule has 11 rings (SSSR count). The van der Waals surface area contributed by atoms with Crippen LogP contribution in [0.1, 0.15) is 120 Å². The van der Waals surface area contributed by atoms with Gasteiger partial charge in [0.1, 0.15) is 104 Å². The molecule has 2 bridgehead atoms. The van der Waals surface area contributed by atoms with Gasteiger partial charge in [0.2, 0.25) is 0 Å². The zero-order chi connectivity index (χ0) is 60.1. The average molecular weight is 1190 g/mol. The molecule has 0 aromatic heterocycles. The maximum Gasteiger partial charge on any atom is 0.187 e. The standard InChI is InChI=1S/C58H96O25/c1-24-34(63)39(68)42(71)48(76-24)81-44-37(66)27(20-60)78-51(46(44)83-47-41(70)35(64)25(61)21-73-47)79-28-22-74-50(45(38(28)67)82-49-43(72)40(69)36(65)26(19-59)77-49)80-33-11-12-54(6)29(53(33,4)5)9-13-55(7)30(54)10-14-58-31-17-52(2,3)15-16-57(31,23-75-58)32(62)18-56(55,58)8/h24-51,59-72H,9-23H2,1-8H3/t24-,25+,26+,27+,28-,29-,30+,31+,32+,33-,34-,35-,36+,37+,38-,39+,40-,41+,42+,43+,44-,45+,46+,47-,48-,49-,50-,51-,54-,55+,56-,57+,58-/m0/s1. The summed E-state index contributed by atoms with van der Waals surface area (Å²) in [6.07, 6.45) is -31.5. The number of ether oxygens (including phenoxy) is 11. The molecule has 6 aliphatic heterocycles. The lowest BCUT2D eigenvalue weighted by Crippen LogP contribution is -2.74. The lowest BCUT2D eigenvalue weighted by Gasteiger charge is -2.75. The molecule has 0 aromatic rings.